The molecule has 1 aromatic carbocycles. The Morgan fingerprint density at radius 1 is 1.14 bits per heavy atom. The maximum absolute atomic E-state index is 12.7. The van der Waals surface area contributed by atoms with Gasteiger partial charge < -0.3 is 14.0 Å². The maximum Gasteiger partial charge on any atom is 0.339 e. The predicted molar refractivity (Wildman–Crippen MR) is 113 cm³/mol. The molecule has 0 saturated heterocycles. The Labute approximate surface area is 175 Å². The van der Waals surface area contributed by atoms with Crippen molar-refractivity contribution in [3.8, 4) is 0 Å². The van der Waals surface area contributed by atoms with Crippen molar-refractivity contribution in [1.29, 1.82) is 0 Å². The minimum absolute atomic E-state index is 0.0198. The molecule has 0 saturated carbocycles. The van der Waals surface area contributed by atoms with E-state index in [1.165, 1.54) is 18.7 Å². The van der Waals surface area contributed by atoms with Crippen LogP contribution in [0.3, 0.4) is 0 Å². The average molecular weight is 418 g/mol. The van der Waals surface area contributed by atoms with Crippen LogP contribution in [0.25, 0.3) is 0 Å². The zero-order chi connectivity index (χ0) is 21.6. The average Bonchev–Trinajstić information content (AvgIpc) is 2.98. The van der Waals surface area contributed by atoms with Gasteiger partial charge in [-0.25, -0.2) is 4.79 Å². The van der Waals surface area contributed by atoms with Gasteiger partial charge in [-0.1, -0.05) is 12.1 Å². The smallest absolute Gasteiger partial charge is 0.339 e. The Hall–Kier alpha value is -2.38. The molecule has 0 N–H and O–H groups in total. The Balaban J connectivity index is 2.09. The highest BCUT2D eigenvalue weighted by atomic mass is 32.2. The highest BCUT2D eigenvalue weighted by Crippen LogP contribution is 2.24. The summed E-state index contributed by atoms with van der Waals surface area (Å²) in [5.74, 6) is -0.538. The van der Waals surface area contributed by atoms with Gasteiger partial charge in [-0.2, -0.15) is 0 Å². The molecule has 156 valence electrons. The van der Waals surface area contributed by atoms with Gasteiger partial charge in [0.15, 0.2) is 6.61 Å². The number of ether oxygens (including phenoxy) is 2. The second-order valence-electron chi connectivity index (χ2n) is 6.95. The molecule has 2 rings (SSSR count). The van der Waals surface area contributed by atoms with Crippen LogP contribution in [-0.4, -0.2) is 48.2 Å². The first-order valence-corrected chi connectivity index (χ1v) is 10.3. The van der Waals surface area contributed by atoms with E-state index in [4.69, 9.17) is 9.47 Å². The van der Waals surface area contributed by atoms with Crippen LogP contribution in [-0.2, 0) is 14.3 Å². The standard InChI is InChI=1S/C22H27NO5S/c1-14-10-19(17(4)23(14)15(2)11-27-5)20(25)12-28-22(26)18-8-6-7-9-21(18)29-13-16(3)24/h6-10,15H,11-13H2,1-5H3/t15-/m0/s1. The zero-order valence-corrected chi connectivity index (χ0v) is 18.3. The van der Waals surface area contributed by atoms with Gasteiger partial charge >= 0.3 is 5.97 Å². The first kappa shape index (κ1) is 22.9. The Morgan fingerprint density at radius 2 is 1.83 bits per heavy atom. The molecule has 0 aliphatic carbocycles. The number of thioether (sulfide) groups is 1. The van der Waals surface area contributed by atoms with Crippen molar-refractivity contribution in [2.45, 2.75) is 38.6 Å². The monoisotopic (exact) mass is 417 g/mol. The van der Waals surface area contributed by atoms with E-state index in [9.17, 15) is 14.4 Å². The van der Waals surface area contributed by atoms with E-state index >= 15 is 0 Å². The van der Waals surface area contributed by atoms with Crippen molar-refractivity contribution in [3.63, 3.8) is 0 Å². The highest BCUT2D eigenvalue weighted by molar-refractivity contribution is 8.00. The summed E-state index contributed by atoms with van der Waals surface area (Å²) < 4.78 is 12.5. The number of aromatic nitrogens is 1. The topological polar surface area (TPSA) is 74.6 Å². The van der Waals surface area contributed by atoms with Crippen molar-refractivity contribution in [2.24, 2.45) is 0 Å². The number of carbonyl (C=O) groups is 3. The number of Topliss-reactive ketones (excluding diaryl/α,β-unsaturated/α-hetero) is 2. The quantitative estimate of drug-likeness (QED) is 0.330. The van der Waals surface area contributed by atoms with Crippen LogP contribution in [0.4, 0.5) is 0 Å². The van der Waals surface area contributed by atoms with Gasteiger partial charge in [-0.3, -0.25) is 9.59 Å². The summed E-state index contributed by atoms with van der Waals surface area (Å²) in [5, 5.41) is 0. The second kappa shape index (κ2) is 10.4. The third-order valence-electron chi connectivity index (χ3n) is 4.51. The fraction of sp³-hybridized carbons (Fsp3) is 0.409. The molecular weight excluding hydrogens is 390 g/mol. The number of hydrogen-bond donors (Lipinski definition) is 0. The minimum atomic E-state index is -0.577. The van der Waals surface area contributed by atoms with Gasteiger partial charge in [-0.05, 0) is 45.9 Å². The molecule has 1 atom stereocenters. The van der Waals surface area contributed by atoms with Crippen LogP contribution in [0, 0.1) is 13.8 Å². The maximum atomic E-state index is 12.7. The minimum Gasteiger partial charge on any atom is -0.454 e. The number of methoxy groups -OCH3 is 1. The van der Waals surface area contributed by atoms with Crippen LogP contribution < -0.4 is 0 Å². The third-order valence-corrected chi connectivity index (χ3v) is 5.72. The Morgan fingerprint density at radius 3 is 2.48 bits per heavy atom. The summed E-state index contributed by atoms with van der Waals surface area (Å²) >= 11 is 1.28. The number of nitrogens with zero attached hydrogens (tertiary/aromatic N) is 1. The summed E-state index contributed by atoms with van der Waals surface area (Å²) in [7, 11) is 1.64. The van der Waals surface area contributed by atoms with Gasteiger partial charge in [0, 0.05) is 29.0 Å². The van der Waals surface area contributed by atoms with Crippen molar-refractivity contribution in [2.75, 3.05) is 26.1 Å². The fourth-order valence-corrected chi connectivity index (χ4v) is 4.12. The van der Waals surface area contributed by atoms with E-state index in [-0.39, 0.29) is 30.0 Å². The molecule has 0 aliphatic heterocycles. The van der Waals surface area contributed by atoms with Crippen molar-refractivity contribution >= 4 is 29.3 Å². The van der Waals surface area contributed by atoms with Crippen molar-refractivity contribution < 1.29 is 23.9 Å². The lowest BCUT2D eigenvalue weighted by Crippen LogP contribution is -2.17. The first-order chi connectivity index (χ1) is 13.8. The molecule has 0 aliphatic rings. The number of ketones is 2. The molecule has 1 heterocycles. The lowest BCUT2D eigenvalue weighted by Gasteiger charge is -2.17. The van der Waals surface area contributed by atoms with E-state index in [0.717, 1.165) is 11.4 Å². The highest BCUT2D eigenvalue weighted by Gasteiger charge is 2.21. The van der Waals surface area contributed by atoms with Gasteiger partial charge in [0.1, 0.15) is 5.78 Å². The number of hydrogen-bond acceptors (Lipinski definition) is 6. The normalized spacial score (nSPS) is 11.9. The van der Waals surface area contributed by atoms with Crippen LogP contribution in [0.1, 0.15) is 52.0 Å². The molecule has 0 bridgehead atoms. The van der Waals surface area contributed by atoms with E-state index < -0.39 is 5.97 Å². The fourth-order valence-electron chi connectivity index (χ4n) is 3.28. The molecule has 1 aromatic heterocycles. The number of aryl methyl sites for hydroxylation is 1. The van der Waals surface area contributed by atoms with Crippen molar-refractivity contribution in [1.82, 2.24) is 4.57 Å². The van der Waals surface area contributed by atoms with Crippen LogP contribution in [0.5, 0.6) is 0 Å². The van der Waals surface area contributed by atoms with E-state index in [1.807, 2.05) is 31.4 Å². The third kappa shape index (κ3) is 5.81. The summed E-state index contributed by atoms with van der Waals surface area (Å²) in [4.78, 5) is 37.1. The molecule has 6 nitrogen and oxygen atoms in total. The number of carbonyl (C=O) groups excluding carboxylic acids is 3. The number of benzene rings is 1. The van der Waals surface area contributed by atoms with Crippen LogP contribution in [0.2, 0.25) is 0 Å². The zero-order valence-electron chi connectivity index (χ0n) is 17.5. The van der Waals surface area contributed by atoms with E-state index in [1.54, 1.807) is 31.4 Å². The molecular formula is C22H27NO5S. The molecule has 0 unspecified atom stereocenters. The van der Waals surface area contributed by atoms with E-state index in [0.29, 0.717) is 22.6 Å². The Kier molecular flexibility index (Phi) is 8.22. The molecule has 0 amide bonds. The predicted octanol–water partition coefficient (Wildman–Crippen LogP) is 4.03. The second-order valence-corrected chi connectivity index (χ2v) is 7.96. The number of esters is 1. The SMILES string of the molecule is COC[C@H](C)n1c(C)cc(C(=O)COC(=O)c2ccccc2SCC(C)=O)c1C. The van der Waals surface area contributed by atoms with Gasteiger partial charge in [0.2, 0.25) is 5.78 Å². The Bertz CT molecular complexity index is 903. The molecule has 0 spiro atoms. The molecule has 2 aromatic rings. The summed E-state index contributed by atoms with van der Waals surface area (Å²) in [5.41, 5.74) is 2.67. The van der Waals surface area contributed by atoms with Gasteiger partial charge in [0.05, 0.1) is 24.0 Å². The van der Waals surface area contributed by atoms with Gasteiger partial charge in [0.25, 0.3) is 0 Å². The molecule has 0 fully saturated rings. The lowest BCUT2D eigenvalue weighted by molar-refractivity contribution is -0.114. The van der Waals surface area contributed by atoms with Crippen LogP contribution in [0.15, 0.2) is 35.2 Å². The summed E-state index contributed by atoms with van der Waals surface area (Å²) in [6.07, 6.45) is 0. The molecule has 0 radical (unpaired) electrons. The molecule has 7 heteroatoms. The van der Waals surface area contributed by atoms with Crippen molar-refractivity contribution in [3.05, 3.63) is 52.8 Å². The van der Waals surface area contributed by atoms with Gasteiger partial charge in [-0.15, -0.1) is 11.8 Å². The summed E-state index contributed by atoms with van der Waals surface area (Å²) in [6.45, 7) is 7.53. The molecule has 29 heavy (non-hydrogen) atoms. The first-order valence-electron chi connectivity index (χ1n) is 9.35. The van der Waals surface area contributed by atoms with E-state index in [2.05, 4.69) is 0 Å². The van der Waals surface area contributed by atoms with Crippen LogP contribution >= 0.6 is 11.8 Å². The summed E-state index contributed by atoms with van der Waals surface area (Å²) in [6, 6.07) is 8.81. The lowest BCUT2D eigenvalue weighted by atomic mass is 10.1. The largest absolute Gasteiger partial charge is 0.454 e. The number of rotatable bonds is 10.